The van der Waals surface area contributed by atoms with Crippen LogP contribution in [0.1, 0.15) is 24.0 Å². The highest BCUT2D eigenvalue weighted by atomic mass is 79.9. The number of nitrogens with one attached hydrogen (secondary N) is 1. The van der Waals surface area contributed by atoms with Crippen LogP contribution < -0.4 is 9.46 Å². The van der Waals surface area contributed by atoms with E-state index in [9.17, 15) is 4.39 Å². The van der Waals surface area contributed by atoms with E-state index in [0.717, 1.165) is 27.8 Å². The smallest absolute Gasteiger partial charge is 0.183 e. The molecule has 0 unspecified atom stereocenters. The highest BCUT2D eigenvalue weighted by Gasteiger charge is 2.50. The summed E-state index contributed by atoms with van der Waals surface area (Å²) in [5.41, 5.74) is 3.74. The molecule has 1 N–H and O–H groups in total. The molecule has 3 aromatic rings. The number of rotatable bonds is 4. The van der Waals surface area contributed by atoms with E-state index in [1.54, 1.807) is 13.2 Å². The molecule has 0 saturated heterocycles. The van der Waals surface area contributed by atoms with Crippen molar-refractivity contribution in [2.75, 3.05) is 11.8 Å². The van der Waals surface area contributed by atoms with Gasteiger partial charge in [-0.3, -0.25) is 0 Å². The average molecular weight is 447 g/mol. The molecule has 2 aromatic carbocycles. The van der Waals surface area contributed by atoms with Gasteiger partial charge in [0.25, 0.3) is 0 Å². The molecule has 2 aliphatic carbocycles. The molecule has 1 fully saturated rings. The molecule has 138 valence electrons. The summed E-state index contributed by atoms with van der Waals surface area (Å²) in [6.45, 7) is 0. The Balaban J connectivity index is 1.49. The van der Waals surface area contributed by atoms with E-state index in [2.05, 4.69) is 44.0 Å². The van der Waals surface area contributed by atoms with Crippen LogP contribution in [0.25, 0.3) is 11.3 Å². The van der Waals surface area contributed by atoms with Crippen molar-refractivity contribution in [1.29, 1.82) is 0 Å². The van der Waals surface area contributed by atoms with Crippen LogP contribution in [0.3, 0.4) is 0 Å². The van der Waals surface area contributed by atoms with Gasteiger partial charge in [0.05, 0.1) is 12.0 Å². The number of nitrogens with zero attached hydrogens (tertiary/aromatic N) is 1. The third-order valence-electron chi connectivity index (χ3n) is 5.34. The lowest BCUT2D eigenvalue weighted by Gasteiger charge is -2.24. The normalized spacial score (nSPS) is 16.0. The first-order chi connectivity index (χ1) is 13.1. The van der Waals surface area contributed by atoms with Gasteiger partial charge in [0.2, 0.25) is 0 Å². The number of halogens is 2. The molecule has 2 aliphatic rings. The van der Waals surface area contributed by atoms with Crippen LogP contribution in [-0.2, 0) is 11.8 Å². The van der Waals surface area contributed by atoms with Crippen LogP contribution in [-0.4, -0.2) is 12.3 Å². The number of methoxy groups -OCH3 is 1. The molecule has 1 aromatic heterocycles. The van der Waals surface area contributed by atoms with Gasteiger partial charge in [-0.2, -0.15) is 0 Å². The highest BCUT2D eigenvalue weighted by molar-refractivity contribution is 9.10. The number of anilines is 1. The summed E-state index contributed by atoms with van der Waals surface area (Å²) in [5, 5.41) is 4.26. The first-order valence-electron chi connectivity index (χ1n) is 8.65. The Morgan fingerprint density at radius 2 is 2.11 bits per heavy atom. The van der Waals surface area contributed by atoms with Crippen molar-refractivity contribution in [1.82, 2.24) is 5.16 Å². The van der Waals surface area contributed by atoms with Crippen LogP contribution in [0.4, 0.5) is 10.2 Å². The zero-order valence-corrected chi connectivity index (χ0v) is 16.9. The number of benzene rings is 2. The van der Waals surface area contributed by atoms with Crippen molar-refractivity contribution >= 4 is 33.7 Å². The summed E-state index contributed by atoms with van der Waals surface area (Å²) in [5.74, 6) is 1.81. The van der Waals surface area contributed by atoms with Gasteiger partial charge in [-0.05, 0) is 67.1 Å². The Morgan fingerprint density at radius 3 is 2.89 bits per heavy atom. The van der Waals surface area contributed by atoms with Gasteiger partial charge in [-0.25, -0.2) is 4.39 Å². The molecule has 4 nitrogen and oxygen atoms in total. The standard InChI is InChI=1S/C20H16BrFN2O2S/c1-25-16-5-3-12(22)9-17(16)27-24-19-14-10-20(6-7-20)15-4-2-11(21)8-13(15)18(14)26-23-19/h2-5,8-9H,6-7,10H2,1H3,(H,23,24). The van der Waals surface area contributed by atoms with E-state index in [1.165, 1.54) is 42.5 Å². The van der Waals surface area contributed by atoms with E-state index < -0.39 is 0 Å². The van der Waals surface area contributed by atoms with Crippen molar-refractivity contribution in [2.24, 2.45) is 0 Å². The summed E-state index contributed by atoms with van der Waals surface area (Å²) in [6, 6.07) is 10.8. The largest absolute Gasteiger partial charge is 0.496 e. The fourth-order valence-electron chi connectivity index (χ4n) is 3.80. The minimum atomic E-state index is -0.307. The van der Waals surface area contributed by atoms with Gasteiger partial charge in [0, 0.05) is 21.0 Å². The van der Waals surface area contributed by atoms with E-state index in [4.69, 9.17) is 9.26 Å². The van der Waals surface area contributed by atoms with Gasteiger partial charge in [0.1, 0.15) is 11.6 Å². The third kappa shape index (κ3) is 2.84. The molecule has 1 heterocycles. The second-order valence-corrected chi connectivity index (χ2v) is 8.75. The first-order valence-corrected chi connectivity index (χ1v) is 10.3. The fraction of sp³-hybridized carbons (Fsp3) is 0.250. The SMILES string of the molecule is COc1ccc(F)cc1SNc1noc2c1CC1(CC1)c1ccc(Br)cc1-2. The molecular weight excluding hydrogens is 431 g/mol. The average Bonchev–Trinajstić information content (AvgIpc) is 3.31. The molecule has 0 bridgehead atoms. The van der Waals surface area contributed by atoms with Gasteiger partial charge >= 0.3 is 0 Å². The van der Waals surface area contributed by atoms with E-state index in [-0.39, 0.29) is 11.2 Å². The molecule has 5 rings (SSSR count). The Bertz CT molecular complexity index is 1050. The Hall–Kier alpha value is -1.99. The lowest BCUT2D eigenvalue weighted by Crippen LogP contribution is -2.17. The maximum Gasteiger partial charge on any atom is 0.183 e. The number of fused-ring (bicyclic) bond motifs is 4. The third-order valence-corrected chi connectivity index (χ3v) is 6.67. The molecular formula is C20H16BrFN2O2S. The van der Waals surface area contributed by atoms with E-state index in [1.807, 2.05) is 0 Å². The number of hydrogen-bond acceptors (Lipinski definition) is 5. The quantitative estimate of drug-likeness (QED) is 0.501. The van der Waals surface area contributed by atoms with Crippen molar-refractivity contribution < 1.29 is 13.7 Å². The monoisotopic (exact) mass is 446 g/mol. The van der Waals surface area contributed by atoms with E-state index >= 15 is 0 Å². The summed E-state index contributed by atoms with van der Waals surface area (Å²) in [6.07, 6.45) is 3.26. The molecule has 7 heteroatoms. The van der Waals surface area contributed by atoms with Gasteiger partial charge in [0.15, 0.2) is 11.6 Å². The highest BCUT2D eigenvalue weighted by Crippen LogP contribution is 2.58. The van der Waals surface area contributed by atoms with Crippen molar-refractivity contribution in [2.45, 2.75) is 29.6 Å². The molecule has 0 atom stereocenters. The maximum atomic E-state index is 13.6. The topological polar surface area (TPSA) is 47.3 Å². The number of hydrogen-bond donors (Lipinski definition) is 1. The summed E-state index contributed by atoms with van der Waals surface area (Å²) in [7, 11) is 1.57. The Labute approximate surface area is 168 Å². The summed E-state index contributed by atoms with van der Waals surface area (Å²) < 4.78 is 28.9. The lowest BCUT2D eigenvalue weighted by molar-refractivity contribution is 0.403. The fourth-order valence-corrected chi connectivity index (χ4v) is 4.95. The van der Waals surface area contributed by atoms with Crippen LogP contribution in [0.5, 0.6) is 5.75 Å². The summed E-state index contributed by atoms with van der Waals surface area (Å²) >= 11 is 4.83. The second kappa shape index (κ2) is 6.27. The van der Waals surface area contributed by atoms with Crippen LogP contribution in [0.2, 0.25) is 0 Å². The van der Waals surface area contributed by atoms with Crippen LogP contribution >= 0.6 is 27.9 Å². The minimum Gasteiger partial charge on any atom is -0.496 e. The van der Waals surface area contributed by atoms with Crippen molar-refractivity contribution in [3.8, 4) is 17.1 Å². The molecule has 1 spiro atoms. The van der Waals surface area contributed by atoms with Gasteiger partial charge in [-0.15, -0.1) is 0 Å². The van der Waals surface area contributed by atoms with Gasteiger partial charge in [-0.1, -0.05) is 27.2 Å². The Kier molecular flexibility index (Phi) is 3.98. The summed E-state index contributed by atoms with van der Waals surface area (Å²) in [4.78, 5) is 0.661. The molecule has 1 saturated carbocycles. The van der Waals surface area contributed by atoms with Crippen LogP contribution in [0.15, 0.2) is 50.3 Å². The minimum absolute atomic E-state index is 0.201. The molecule has 27 heavy (non-hydrogen) atoms. The van der Waals surface area contributed by atoms with Crippen LogP contribution in [0, 0.1) is 5.82 Å². The predicted molar refractivity (Wildman–Crippen MR) is 107 cm³/mol. The van der Waals surface area contributed by atoms with Crippen molar-refractivity contribution in [3.05, 3.63) is 57.8 Å². The molecule has 0 aliphatic heterocycles. The number of ether oxygens (including phenoxy) is 1. The number of aromatic nitrogens is 1. The van der Waals surface area contributed by atoms with Crippen molar-refractivity contribution in [3.63, 3.8) is 0 Å². The van der Waals surface area contributed by atoms with Gasteiger partial charge < -0.3 is 14.0 Å². The molecule has 0 amide bonds. The predicted octanol–water partition coefficient (Wildman–Crippen LogP) is 5.96. The van der Waals surface area contributed by atoms with E-state index in [0.29, 0.717) is 16.5 Å². The first kappa shape index (κ1) is 17.1. The zero-order valence-electron chi connectivity index (χ0n) is 14.5. The maximum absolute atomic E-state index is 13.6. The second-order valence-electron chi connectivity index (χ2n) is 6.99. The lowest BCUT2D eigenvalue weighted by atomic mass is 9.79. The zero-order chi connectivity index (χ0) is 18.6. The Morgan fingerprint density at radius 1 is 1.26 bits per heavy atom. The molecule has 0 radical (unpaired) electrons.